The maximum absolute atomic E-state index is 13.2. The van der Waals surface area contributed by atoms with Crippen LogP contribution in [0.3, 0.4) is 0 Å². The van der Waals surface area contributed by atoms with Crippen LogP contribution in [0.15, 0.2) is 36.4 Å². The summed E-state index contributed by atoms with van der Waals surface area (Å²) in [5, 5.41) is 10.0. The minimum atomic E-state index is -0.512. The molecule has 2 rings (SSSR count). The second-order valence-corrected chi connectivity index (χ2v) is 4.69. The summed E-state index contributed by atoms with van der Waals surface area (Å²) >= 11 is 0. The first-order valence-corrected chi connectivity index (χ1v) is 6.64. The van der Waals surface area contributed by atoms with E-state index in [0.717, 1.165) is 19.3 Å². The van der Waals surface area contributed by atoms with E-state index >= 15 is 0 Å². The lowest BCUT2D eigenvalue weighted by Gasteiger charge is -2.21. The summed E-state index contributed by atoms with van der Waals surface area (Å²) in [6.45, 7) is 1.87. The van der Waals surface area contributed by atoms with Crippen molar-refractivity contribution in [3.8, 4) is 5.75 Å². The molecule has 0 spiro atoms. The Balaban J connectivity index is 2.22. The van der Waals surface area contributed by atoms with Gasteiger partial charge in [-0.15, -0.1) is 0 Å². The van der Waals surface area contributed by atoms with Gasteiger partial charge in [-0.05, 0) is 50.5 Å². The third-order valence-electron chi connectivity index (χ3n) is 3.16. The predicted octanol–water partition coefficient (Wildman–Crippen LogP) is 3.71. The molecule has 2 atom stereocenters. The smallest absolute Gasteiger partial charge is 0.143 e. The van der Waals surface area contributed by atoms with E-state index in [9.17, 15) is 9.50 Å². The molecule has 2 unspecified atom stereocenters. The van der Waals surface area contributed by atoms with Crippen LogP contribution in [0.2, 0.25) is 0 Å². The van der Waals surface area contributed by atoms with E-state index < -0.39 is 6.10 Å². The van der Waals surface area contributed by atoms with E-state index in [1.165, 1.54) is 12.1 Å². The maximum atomic E-state index is 13.2. The molecule has 0 fully saturated rings. The van der Waals surface area contributed by atoms with Crippen molar-refractivity contribution in [1.29, 1.82) is 0 Å². The fourth-order valence-corrected chi connectivity index (χ4v) is 2.17. The van der Waals surface area contributed by atoms with Crippen LogP contribution in [0.5, 0.6) is 5.75 Å². The summed E-state index contributed by atoms with van der Waals surface area (Å²) in [6.07, 6.45) is 9.31. The normalized spacial score (nSPS) is 23.5. The second-order valence-electron chi connectivity index (χ2n) is 4.69. The quantitative estimate of drug-likeness (QED) is 0.841. The second kappa shape index (κ2) is 6.53. The largest absolute Gasteiger partial charge is 0.483 e. The molecule has 1 aliphatic rings. The number of benzene rings is 1. The number of aliphatic hydroxyl groups excluding tert-OH is 1. The molecule has 0 heterocycles. The Hall–Kier alpha value is -1.61. The fraction of sp³-hybridized carbons (Fsp3) is 0.375. The van der Waals surface area contributed by atoms with Gasteiger partial charge >= 0.3 is 0 Å². The molecule has 3 heteroatoms. The van der Waals surface area contributed by atoms with Gasteiger partial charge in [-0.3, -0.25) is 0 Å². The van der Waals surface area contributed by atoms with Crippen molar-refractivity contribution in [2.24, 2.45) is 0 Å². The SMILES string of the molecule is CC=Cc1cc(F)ccc1OC1C=CCCCC1O. The number of rotatable bonds is 3. The topological polar surface area (TPSA) is 29.5 Å². The van der Waals surface area contributed by atoms with Gasteiger partial charge in [-0.2, -0.15) is 0 Å². The van der Waals surface area contributed by atoms with Crippen LogP contribution in [0, 0.1) is 5.82 Å². The Kier molecular flexibility index (Phi) is 4.74. The van der Waals surface area contributed by atoms with E-state index in [1.807, 2.05) is 25.2 Å². The Morgan fingerprint density at radius 3 is 3.05 bits per heavy atom. The fourth-order valence-electron chi connectivity index (χ4n) is 2.17. The molecule has 1 aromatic rings. The number of halogens is 1. The molecule has 2 nitrogen and oxygen atoms in total. The minimum absolute atomic E-state index is 0.294. The zero-order chi connectivity index (χ0) is 13.7. The highest BCUT2D eigenvalue weighted by Crippen LogP contribution is 2.25. The molecule has 1 N–H and O–H groups in total. The molecule has 0 amide bonds. The summed E-state index contributed by atoms with van der Waals surface area (Å²) in [5.74, 6) is 0.299. The van der Waals surface area contributed by atoms with Gasteiger partial charge in [0.15, 0.2) is 0 Å². The molecule has 0 bridgehead atoms. The van der Waals surface area contributed by atoms with Crippen LogP contribution in [-0.4, -0.2) is 17.3 Å². The van der Waals surface area contributed by atoms with Crippen molar-refractivity contribution in [3.05, 3.63) is 47.8 Å². The Morgan fingerprint density at radius 2 is 2.26 bits per heavy atom. The number of ether oxygens (including phenoxy) is 1. The van der Waals surface area contributed by atoms with E-state index in [-0.39, 0.29) is 11.9 Å². The average molecular weight is 262 g/mol. The van der Waals surface area contributed by atoms with Crippen molar-refractivity contribution in [3.63, 3.8) is 0 Å². The lowest BCUT2D eigenvalue weighted by Crippen LogP contribution is -2.29. The predicted molar refractivity (Wildman–Crippen MR) is 74.5 cm³/mol. The monoisotopic (exact) mass is 262 g/mol. The molecule has 1 aliphatic carbocycles. The summed E-state index contributed by atoms with van der Waals surface area (Å²) in [4.78, 5) is 0. The van der Waals surface area contributed by atoms with Crippen molar-refractivity contribution in [2.45, 2.75) is 38.4 Å². The van der Waals surface area contributed by atoms with Crippen molar-refractivity contribution in [1.82, 2.24) is 0 Å². The van der Waals surface area contributed by atoms with Gasteiger partial charge in [0.2, 0.25) is 0 Å². The zero-order valence-corrected chi connectivity index (χ0v) is 11.1. The number of aliphatic hydroxyl groups is 1. The van der Waals surface area contributed by atoms with Crippen LogP contribution < -0.4 is 4.74 Å². The van der Waals surface area contributed by atoms with Gasteiger partial charge in [0.1, 0.15) is 17.7 Å². The van der Waals surface area contributed by atoms with Gasteiger partial charge in [-0.25, -0.2) is 4.39 Å². The van der Waals surface area contributed by atoms with Gasteiger partial charge in [0.25, 0.3) is 0 Å². The molecule has 1 aromatic carbocycles. The lowest BCUT2D eigenvalue weighted by molar-refractivity contribution is 0.0588. The highest BCUT2D eigenvalue weighted by molar-refractivity contribution is 5.57. The molecule has 0 saturated heterocycles. The van der Waals surface area contributed by atoms with Crippen molar-refractivity contribution >= 4 is 6.08 Å². The number of hydrogen-bond acceptors (Lipinski definition) is 2. The Labute approximate surface area is 113 Å². The first-order chi connectivity index (χ1) is 9.20. The first-order valence-electron chi connectivity index (χ1n) is 6.64. The maximum Gasteiger partial charge on any atom is 0.143 e. The third kappa shape index (κ3) is 3.67. The molecule has 0 aliphatic heterocycles. The van der Waals surface area contributed by atoms with Gasteiger partial charge in [0, 0.05) is 5.56 Å². The number of hydrogen-bond donors (Lipinski definition) is 1. The lowest BCUT2D eigenvalue weighted by atomic mass is 10.1. The van der Waals surface area contributed by atoms with Crippen LogP contribution in [-0.2, 0) is 0 Å². The Morgan fingerprint density at radius 1 is 1.42 bits per heavy atom. The van der Waals surface area contributed by atoms with Gasteiger partial charge < -0.3 is 9.84 Å². The highest BCUT2D eigenvalue weighted by Gasteiger charge is 2.20. The molecular formula is C16H19FO2. The van der Waals surface area contributed by atoms with Crippen molar-refractivity contribution in [2.75, 3.05) is 0 Å². The molecule has 0 radical (unpaired) electrons. The standard InChI is InChI=1S/C16H19FO2/c1-2-6-12-11-13(17)9-10-15(12)19-16-8-5-3-4-7-14(16)18/h2,5-6,8-11,14,16,18H,3-4,7H2,1H3. The number of allylic oxidation sites excluding steroid dienone is 2. The van der Waals surface area contributed by atoms with Crippen molar-refractivity contribution < 1.29 is 14.2 Å². The van der Waals surface area contributed by atoms with Gasteiger partial charge in [-0.1, -0.05) is 18.2 Å². The highest BCUT2D eigenvalue weighted by atomic mass is 19.1. The molecule has 19 heavy (non-hydrogen) atoms. The minimum Gasteiger partial charge on any atom is -0.483 e. The summed E-state index contributed by atoms with van der Waals surface area (Å²) in [7, 11) is 0. The van der Waals surface area contributed by atoms with Crippen LogP contribution >= 0.6 is 0 Å². The summed E-state index contributed by atoms with van der Waals surface area (Å²) in [5.41, 5.74) is 0.687. The average Bonchev–Trinajstić information content (AvgIpc) is 2.58. The van der Waals surface area contributed by atoms with Crippen LogP contribution in [0.25, 0.3) is 6.08 Å². The van der Waals surface area contributed by atoms with E-state index in [1.54, 1.807) is 12.1 Å². The van der Waals surface area contributed by atoms with E-state index in [0.29, 0.717) is 11.3 Å². The Bertz CT molecular complexity index is 480. The molecule has 102 valence electrons. The van der Waals surface area contributed by atoms with E-state index in [2.05, 4.69) is 0 Å². The molecule has 0 saturated carbocycles. The van der Waals surface area contributed by atoms with Crippen LogP contribution in [0.4, 0.5) is 4.39 Å². The summed E-state index contributed by atoms with van der Waals surface area (Å²) in [6, 6.07) is 4.41. The molecule has 0 aromatic heterocycles. The third-order valence-corrected chi connectivity index (χ3v) is 3.16. The molecular weight excluding hydrogens is 243 g/mol. The van der Waals surface area contributed by atoms with Gasteiger partial charge in [0.05, 0.1) is 6.10 Å². The zero-order valence-electron chi connectivity index (χ0n) is 11.1. The van der Waals surface area contributed by atoms with Crippen LogP contribution in [0.1, 0.15) is 31.7 Å². The van der Waals surface area contributed by atoms with E-state index in [4.69, 9.17) is 4.74 Å². The summed E-state index contributed by atoms with van der Waals surface area (Å²) < 4.78 is 19.1. The first kappa shape index (κ1) is 13.8.